The summed E-state index contributed by atoms with van der Waals surface area (Å²) in [5, 5.41) is 0.789. The Morgan fingerprint density at radius 1 is 1.19 bits per heavy atom. The molecule has 1 fully saturated rings. The molecule has 1 aliphatic rings. The lowest BCUT2D eigenvalue weighted by Crippen LogP contribution is -2.49. The number of aromatic nitrogens is 1. The van der Waals surface area contributed by atoms with Gasteiger partial charge in [0.25, 0.3) is 5.91 Å². The van der Waals surface area contributed by atoms with Crippen LogP contribution in [0.15, 0.2) is 24.3 Å². The fraction of sp³-hybridized carbons (Fsp3) is 0.421. The lowest BCUT2D eigenvalue weighted by molar-refractivity contribution is -0.136. The third-order valence-corrected chi connectivity index (χ3v) is 5.55. The van der Waals surface area contributed by atoms with Crippen molar-refractivity contribution in [3.05, 3.63) is 51.2 Å². The molecule has 0 N–H and O–H groups in total. The molecule has 2 aromatic rings. The van der Waals surface area contributed by atoms with Crippen LogP contribution in [0.4, 0.5) is 4.39 Å². The highest BCUT2D eigenvalue weighted by atomic mass is 32.1. The van der Waals surface area contributed by atoms with Crippen LogP contribution >= 0.6 is 11.3 Å². The van der Waals surface area contributed by atoms with Crippen molar-refractivity contribution in [2.75, 3.05) is 32.8 Å². The number of amides is 1. The van der Waals surface area contributed by atoms with Gasteiger partial charge < -0.3 is 9.64 Å². The van der Waals surface area contributed by atoms with Gasteiger partial charge in [0.05, 0.1) is 10.7 Å². The van der Waals surface area contributed by atoms with E-state index in [1.165, 1.54) is 17.4 Å². The molecule has 1 aromatic carbocycles. The average molecular weight is 391 g/mol. The maximum absolute atomic E-state index is 13.8. The standard InChI is InChI=1S/C19H22FN3O3S/c1-13-18(27-14(2)21-13)19(25)26-12-17(24)23-9-7-22(8-10-23)11-15-5-3-4-6-16(15)20/h3-6H,7-12H2,1-2H3. The average Bonchev–Trinajstić information content (AvgIpc) is 3.00. The smallest absolute Gasteiger partial charge is 0.350 e. The van der Waals surface area contributed by atoms with Crippen molar-refractivity contribution in [1.82, 2.24) is 14.8 Å². The number of carbonyl (C=O) groups excluding carboxylic acids is 2. The molecule has 1 amide bonds. The van der Waals surface area contributed by atoms with Crippen LogP contribution in [0.5, 0.6) is 0 Å². The van der Waals surface area contributed by atoms with Crippen LogP contribution in [0.25, 0.3) is 0 Å². The highest BCUT2D eigenvalue weighted by molar-refractivity contribution is 7.13. The van der Waals surface area contributed by atoms with E-state index >= 15 is 0 Å². The highest BCUT2D eigenvalue weighted by Crippen LogP contribution is 2.18. The summed E-state index contributed by atoms with van der Waals surface area (Å²) < 4.78 is 18.9. The van der Waals surface area contributed by atoms with Gasteiger partial charge in [-0.1, -0.05) is 18.2 Å². The first-order valence-corrected chi connectivity index (χ1v) is 9.60. The van der Waals surface area contributed by atoms with Crippen molar-refractivity contribution in [3.63, 3.8) is 0 Å². The van der Waals surface area contributed by atoms with Gasteiger partial charge in [-0.2, -0.15) is 0 Å². The molecule has 0 bridgehead atoms. The number of hydrogen-bond acceptors (Lipinski definition) is 6. The van der Waals surface area contributed by atoms with Crippen LogP contribution in [0.3, 0.4) is 0 Å². The summed E-state index contributed by atoms with van der Waals surface area (Å²) in [5.74, 6) is -0.936. The Balaban J connectivity index is 1.45. The SMILES string of the molecule is Cc1nc(C)c(C(=O)OCC(=O)N2CCN(Cc3ccccc3F)CC2)s1. The lowest BCUT2D eigenvalue weighted by atomic mass is 10.2. The van der Waals surface area contributed by atoms with Crippen molar-refractivity contribution in [3.8, 4) is 0 Å². The van der Waals surface area contributed by atoms with E-state index in [0.29, 0.717) is 48.9 Å². The molecule has 144 valence electrons. The number of aryl methyl sites for hydroxylation is 2. The lowest BCUT2D eigenvalue weighted by Gasteiger charge is -2.34. The van der Waals surface area contributed by atoms with Gasteiger partial charge in [0.1, 0.15) is 10.7 Å². The maximum atomic E-state index is 13.8. The molecule has 6 nitrogen and oxygen atoms in total. The van der Waals surface area contributed by atoms with E-state index in [1.54, 1.807) is 24.0 Å². The molecule has 0 radical (unpaired) electrons. The van der Waals surface area contributed by atoms with Gasteiger partial charge in [0.2, 0.25) is 0 Å². The molecule has 1 aliphatic heterocycles. The predicted octanol–water partition coefficient (Wildman–Crippen LogP) is 2.40. The topological polar surface area (TPSA) is 62.7 Å². The number of halogens is 1. The molecule has 0 spiro atoms. The zero-order chi connectivity index (χ0) is 19.4. The summed E-state index contributed by atoms with van der Waals surface area (Å²) in [4.78, 5) is 32.8. The van der Waals surface area contributed by atoms with Crippen LogP contribution in [0, 0.1) is 19.7 Å². The molecule has 0 unspecified atom stereocenters. The number of piperazine rings is 1. The Labute approximate surface area is 161 Å². The van der Waals surface area contributed by atoms with Gasteiger partial charge >= 0.3 is 5.97 Å². The molecular formula is C19H22FN3O3S. The van der Waals surface area contributed by atoms with E-state index < -0.39 is 5.97 Å². The monoisotopic (exact) mass is 391 g/mol. The van der Waals surface area contributed by atoms with Gasteiger partial charge in [0, 0.05) is 38.3 Å². The van der Waals surface area contributed by atoms with Crippen molar-refractivity contribution in [2.24, 2.45) is 0 Å². The fourth-order valence-corrected chi connectivity index (χ4v) is 3.84. The molecule has 0 atom stereocenters. The number of esters is 1. The van der Waals surface area contributed by atoms with Crippen molar-refractivity contribution in [2.45, 2.75) is 20.4 Å². The quantitative estimate of drug-likeness (QED) is 0.733. The second-order valence-corrected chi connectivity index (χ2v) is 7.68. The first kappa shape index (κ1) is 19.4. The second-order valence-electron chi connectivity index (χ2n) is 6.47. The summed E-state index contributed by atoms with van der Waals surface area (Å²) in [5.41, 5.74) is 1.28. The zero-order valence-electron chi connectivity index (χ0n) is 15.4. The largest absolute Gasteiger partial charge is 0.451 e. The summed E-state index contributed by atoms with van der Waals surface area (Å²) >= 11 is 1.26. The predicted molar refractivity (Wildman–Crippen MR) is 100 cm³/mol. The van der Waals surface area contributed by atoms with Gasteiger partial charge in [-0.05, 0) is 19.9 Å². The Hall–Kier alpha value is -2.32. The number of nitrogens with zero attached hydrogens (tertiary/aromatic N) is 3. The van der Waals surface area contributed by atoms with Crippen molar-refractivity contribution in [1.29, 1.82) is 0 Å². The Kier molecular flexibility index (Phi) is 6.18. The molecule has 8 heteroatoms. The number of hydrogen-bond donors (Lipinski definition) is 0. The molecule has 0 aliphatic carbocycles. The van der Waals surface area contributed by atoms with Crippen molar-refractivity contribution >= 4 is 23.2 Å². The Bertz CT molecular complexity index is 831. The van der Waals surface area contributed by atoms with Gasteiger partial charge in [-0.3, -0.25) is 9.69 Å². The van der Waals surface area contributed by atoms with E-state index in [1.807, 2.05) is 13.0 Å². The van der Waals surface area contributed by atoms with E-state index in [2.05, 4.69) is 9.88 Å². The van der Waals surface area contributed by atoms with E-state index in [-0.39, 0.29) is 18.3 Å². The number of benzene rings is 1. The minimum atomic E-state index is -0.510. The molecule has 27 heavy (non-hydrogen) atoms. The minimum Gasteiger partial charge on any atom is -0.451 e. The number of ether oxygens (including phenoxy) is 1. The summed E-state index contributed by atoms with van der Waals surface area (Å²) in [7, 11) is 0. The van der Waals surface area contributed by atoms with Gasteiger partial charge in [-0.25, -0.2) is 14.2 Å². The van der Waals surface area contributed by atoms with Crippen molar-refractivity contribution < 1.29 is 18.7 Å². The zero-order valence-corrected chi connectivity index (χ0v) is 16.2. The Morgan fingerprint density at radius 2 is 1.89 bits per heavy atom. The highest BCUT2D eigenvalue weighted by Gasteiger charge is 2.23. The number of carbonyl (C=O) groups is 2. The van der Waals surface area contributed by atoms with Gasteiger partial charge in [-0.15, -0.1) is 11.3 Å². The second kappa shape index (κ2) is 8.58. The van der Waals surface area contributed by atoms with Crippen LogP contribution in [-0.2, 0) is 16.1 Å². The maximum Gasteiger partial charge on any atom is 0.350 e. The summed E-state index contributed by atoms with van der Waals surface area (Å²) in [6.07, 6.45) is 0. The van der Waals surface area contributed by atoms with Crippen LogP contribution < -0.4 is 0 Å². The normalized spacial score (nSPS) is 15.0. The first-order chi connectivity index (χ1) is 12.9. The third kappa shape index (κ3) is 4.90. The molecule has 2 heterocycles. The molecule has 3 rings (SSSR count). The molecule has 0 saturated carbocycles. The first-order valence-electron chi connectivity index (χ1n) is 8.78. The molecule has 1 saturated heterocycles. The van der Waals surface area contributed by atoms with E-state index in [0.717, 1.165) is 5.01 Å². The van der Waals surface area contributed by atoms with Crippen LogP contribution in [-0.4, -0.2) is 59.4 Å². The number of thiazole rings is 1. The van der Waals surface area contributed by atoms with E-state index in [4.69, 9.17) is 4.74 Å². The van der Waals surface area contributed by atoms with E-state index in [9.17, 15) is 14.0 Å². The minimum absolute atomic E-state index is 0.212. The fourth-order valence-electron chi connectivity index (χ4n) is 3.03. The third-order valence-electron chi connectivity index (χ3n) is 4.49. The van der Waals surface area contributed by atoms with Crippen LogP contribution in [0.1, 0.15) is 25.9 Å². The summed E-state index contributed by atoms with van der Waals surface area (Å²) in [6.45, 7) is 6.18. The molecular weight excluding hydrogens is 369 g/mol. The molecule has 1 aromatic heterocycles. The summed E-state index contributed by atoms with van der Waals surface area (Å²) in [6, 6.07) is 6.72. The van der Waals surface area contributed by atoms with Gasteiger partial charge in [0.15, 0.2) is 6.61 Å². The number of rotatable bonds is 5. The van der Waals surface area contributed by atoms with Crippen LogP contribution in [0.2, 0.25) is 0 Å². The Morgan fingerprint density at radius 3 is 2.52 bits per heavy atom.